The molecule has 0 aromatic rings. The summed E-state index contributed by atoms with van der Waals surface area (Å²) in [6, 6.07) is 0. The van der Waals surface area contributed by atoms with Crippen LogP contribution in [0.2, 0.25) is 0 Å². The van der Waals surface area contributed by atoms with Crippen LogP contribution < -0.4 is 0 Å². The minimum absolute atomic E-state index is 0.0243. The van der Waals surface area contributed by atoms with E-state index in [1.807, 2.05) is 0 Å². The van der Waals surface area contributed by atoms with Crippen molar-refractivity contribution in [3.63, 3.8) is 0 Å². The molecule has 0 unspecified atom stereocenters. The normalized spacial score (nSPS) is 21.3. The third-order valence-corrected chi connectivity index (χ3v) is 2.89. The monoisotopic (exact) mass is 210 g/mol. The summed E-state index contributed by atoms with van der Waals surface area (Å²) < 4.78 is 37.1. The lowest BCUT2D eigenvalue weighted by Crippen LogP contribution is -2.27. The van der Waals surface area contributed by atoms with E-state index in [0.29, 0.717) is 13.2 Å². The minimum atomic E-state index is -3.40. The van der Waals surface area contributed by atoms with Crippen LogP contribution in [0, 0.1) is 0 Å². The Morgan fingerprint density at radius 3 is 2.31 bits per heavy atom. The molecule has 5 nitrogen and oxygen atoms in total. The summed E-state index contributed by atoms with van der Waals surface area (Å²) in [4.78, 5) is 0. The Bertz CT molecular complexity index is 227. The maximum Gasteiger partial charge on any atom is 0.267 e. The van der Waals surface area contributed by atoms with Crippen LogP contribution in [0.5, 0.6) is 0 Å². The van der Waals surface area contributed by atoms with E-state index in [0.717, 1.165) is 0 Å². The Balaban J connectivity index is 2.42. The fourth-order valence-electron chi connectivity index (χ4n) is 0.926. The fourth-order valence-corrected chi connectivity index (χ4v) is 1.59. The fraction of sp³-hybridized carbons (Fsp3) is 1.00. The number of rotatable bonds is 3. The Kier molecular flexibility index (Phi) is 4.11. The summed E-state index contributed by atoms with van der Waals surface area (Å²) in [5, 5.41) is 0. The third-order valence-electron chi connectivity index (χ3n) is 1.62. The predicted molar refractivity (Wildman–Crippen MR) is 46.0 cm³/mol. The van der Waals surface area contributed by atoms with Gasteiger partial charge in [0.2, 0.25) is 0 Å². The van der Waals surface area contributed by atoms with Crippen molar-refractivity contribution < 1.29 is 22.1 Å². The molecule has 0 aliphatic carbocycles. The zero-order valence-corrected chi connectivity index (χ0v) is 8.38. The van der Waals surface area contributed by atoms with Crippen LogP contribution in [0.4, 0.5) is 0 Å². The predicted octanol–water partition coefficient (Wildman–Crippen LogP) is -0.232. The van der Waals surface area contributed by atoms with Crippen LogP contribution in [0.15, 0.2) is 0 Å². The van der Waals surface area contributed by atoms with Crippen LogP contribution >= 0.6 is 0 Å². The van der Waals surface area contributed by atoms with Gasteiger partial charge in [-0.2, -0.15) is 8.42 Å². The first-order valence-corrected chi connectivity index (χ1v) is 5.78. The minimum Gasteiger partial charge on any atom is -0.376 e. The van der Waals surface area contributed by atoms with E-state index in [1.54, 1.807) is 0 Å². The molecule has 0 aromatic heterocycles. The van der Waals surface area contributed by atoms with E-state index in [4.69, 9.17) is 13.7 Å². The summed E-state index contributed by atoms with van der Waals surface area (Å²) in [5.41, 5.74) is 0. The van der Waals surface area contributed by atoms with Gasteiger partial charge < -0.3 is 9.47 Å². The molecule has 1 heterocycles. The SMILES string of the molecule is CCS(=O)(=O)OC1COCCOC1. The van der Waals surface area contributed by atoms with E-state index >= 15 is 0 Å². The van der Waals surface area contributed by atoms with Gasteiger partial charge >= 0.3 is 0 Å². The molecular formula is C7H14O5S. The molecule has 0 N–H and O–H groups in total. The highest BCUT2D eigenvalue weighted by Crippen LogP contribution is 2.04. The largest absolute Gasteiger partial charge is 0.376 e. The van der Waals surface area contributed by atoms with Crippen molar-refractivity contribution >= 4 is 10.1 Å². The van der Waals surface area contributed by atoms with Gasteiger partial charge in [-0.15, -0.1) is 0 Å². The molecule has 0 spiro atoms. The molecule has 1 aliphatic rings. The molecule has 0 aromatic carbocycles. The molecule has 0 atom stereocenters. The number of hydrogen-bond acceptors (Lipinski definition) is 5. The van der Waals surface area contributed by atoms with Crippen LogP contribution in [-0.2, 0) is 23.8 Å². The summed E-state index contributed by atoms with van der Waals surface area (Å²) in [7, 11) is -3.40. The molecule has 1 saturated heterocycles. The van der Waals surface area contributed by atoms with Crippen LogP contribution in [0.1, 0.15) is 6.92 Å². The Morgan fingerprint density at radius 2 is 1.85 bits per heavy atom. The zero-order valence-electron chi connectivity index (χ0n) is 7.56. The Labute approximate surface area is 78.1 Å². The first-order valence-electron chi connectivity index (χ1n) is 4.20. The Morgan fingerprint density at radius 1 is 1.31 bits per heavy atom. The molecular weight excluding hydrogens is 196 g/mol. The standard InChI is InChI=1S/C7H14O5S/c1-2-13(8,9)12-7-5-10-3-4-11-6-7/h7H,2-6H2,1H3. The van der Waals surface area contributed by atoms with Gasteiger partial charge in [0.05, 0.1) is 32.2 Å². The second-order valence-corrected chi connectivity index (χ2v) is 4.60. The van der Waals surface area contributed by atoms with E-state index in [1.165, 1.54) is 6.92 Å². The number of ether oxygens (including phenoxy) is 2. The lowest BCUT2D eigenvalue weighted by Gasteiger charge is -2.12. The van der Waals surface area contributed by atoms with Crippen molar-refractivity contribution in [1.29, 1.82) is 0 Å². The van der Waals surface area contributed by atoms with Crippen molar-refractivity contribution in [2.24, 2.45) is 0 Å². The second kappa shape index (κ2) is 4.90. The lowest BCUT2D eigenvalue weighted by molar-refractivity contribution is 0.0644. The summed E-state index contributed by atoms with van der Waals surface area (Å²) in [6.45, 7) is 3.07. The van der Waals surface area contributed by atoms with Crippen LogP contribution in [-0.4, -0.2) is 46.7 Å². The van der Waals surface area contributed by atoms with Gasteiger partial charge in [-0.3, -0.25) is 4.18 Å². The van der Waals surface area contributed by atoms with E-state index in [-0.39, 0.29) is 19.0 Å². The van der Waals surface area contributed by atoms with Gasteiger partial charge in [0.25, 0.3) is 10.1 Å². The third kappa shape index (κ3) is 4.04. The number of hydrogen-bond donors (Lipinski definition) is 0. The maximum absolute atomic E-state index is 11.0. The molecule has 0 saturated carbocycles. The highest BCUT2D eigenvalue weighted by molar-refractivity contribution is 7.86. The topological polar surface area (TPSA) is 61.8 Å². The Hall–Kier alpha value is -0.170. The van der Waals surface area contributed by atoms with Gasteiger partial charge in [0.15, 0.2) is 0 Å². The van der Waals surface area contributed by atoms with Crippen molar-refractivity contribution in [3.05, 3.63) is 0 Å². The average molecular weight is 210 g/mol. The van der Waals surface area contributed by atoms with Gasteiger partial charge in [-0.1, -0.05) is 0 Å². The van der Waals surface area contributed by atoms with Crippen LogP contribution in [0.25, 0.3) is 0 Å². The molecule has 6 heteroatoms. The summed E-state index contributed by atoms with van der Waals surface area (Å²) >= 11 is 0. The molecule has 78 valence electrons. The molecule has 0 bridgehead atoms. The van der Waals surface area contributed by atoms with Gasteiger partial charge in [0.1, 0.15) is 6.10 Å². The highest BCUT2D eigenvalue weighted by atomic mass is 32.2. The van der Waals surface area contributed by atoms with Crippen molar-refractivity contribution in [1.82, 2.24) is 0 Å². The molecule has 0 radical (unpaired) electrons. The molecule has 1 rings (SSSR count). The van der Waals surface area contributed by atoms with Crippen molar-refractivity contribution in [2.75, 3.05) is 32.2 Å². The van der Waals surface area contributed by atoms with Gasteiger partial charge in [-0.25, -0.2) is 0 Å². The zero-order chi connectivity index (χ0) is 9.73. The average Bonchev–Trinajstić information content (AvgIpc) is 2.32. The van der Waals surface area contributed by atoms with Crippen molar-refractivity contribution in [2.45, 2.75) is 13.0 Å². The maximum atomic E-state index is 11.0. The molecule has 0 amide bonds. The quantitative estimate of drug-likeness (QED) is 0.602. The highest BCUT2D eigenvalue weighted by Gasteiger charge is 2.20. The van der Waals surface area contributed by atoms with Gasteiger partial charge in [-0.05, 0) is 6.92 Å². The summed E-state index contributed by atoms with van der Waals surface area (Å²) in [6.07, 6.45) is -0.493. The van der Waals surface area contributed by atoms with E-state index in [2.05, 4.69) is 0 Å². The van der Waals surface area contributed by atoms with E-state index < -0.39 is 16.2 Å². The van der Waals surface area contributed by atoms with E-state index in [9.17, 15) is 8.42 Å². The smallest absolute Gasteiger partial charge is 0.267 e. The molecule has 1 fully saturated rings. The first kappa shape index (κ1) is 10.9. The first-order chi connectivity index (χ1) is 6.14. The van der Waals surface area contributed by atoms with Gasteiger partial charge in [0, 0.05) is 0 Å². The van der Waals surface area contributed by atoms with Crippen LogP contribution in [0.3, 0.4) is 0 Å². The second-order valence-electron chi connectivity index (χ2n) is 2.71. The lowest BCUT2D eigenvalue weighted by atomic mass is 10.4. The summed E-state index contributed by atoms with van der Waals surface area (Å²) in [5.74, 6) is -0.0243. The molecule has 13 heavy (non-hydrogen) atoms. The molecule has 1 aliphatic heterocycles. The van der Waals surface area contributed by atoms with Crippen molar-refractivity contribution in [3.8, 4) is 0 Å².